The van der Waals surface area contributed by atoms with Crippen LogP contribution in [0.4, 0.5) is 8.78 Å². The summed E-state index contributed by atoms with van der Waals surface area (Å²) in [4.78, 5) is 63.6. The van der Waals surface area contributed by atoms with Gasteiger partial charge in [-0.15, -0.1) is 0 Å². The van der Waals surface area contributed by atoms with Crippen molar-refractivity contribution in [1.29, 1.82) is 0 Å². The Bertz CT molecular complexity index is 3460. The number of amides is 4. The minimum atomic E-state index is -2.87. The molecule has 0 aliphatic carbocycles. The number of primary amides is 2. The van der Waals surface area contributed by atoms with Crippen LogP contribution in [0.25, 0.3) is 0 Å². The molecule has 8 N–H and O–H groups in total. The normalized spacial score (nSPS) is 15.0. The van der Waals surface area contributed by atoms with Gasteiger partial charge in [-0.1, -0.05) is 83.9 Å². The highest BCUT2D eigenvalue weighted by atomic mass is 35.5. The number of rotatable bonds is 22. The highest BCUT2D eigenvalue weighted by molar-refractivity contribution is 6.30. The molecular weight excluding hydrogens is 1100 g/mol. The zero-order valence-electron chi connectivity index (χ0n) is 44.2. The Morgan fingerprint density at radius 2 is 1.01 bits per heavy atom. The molecule has 0 spiro atoms. The second-order valence-electron chi connectivity index (χ2n) is 19.5. The van der Waals surface area contributed by atoms with Gasteiger partial charge < -0.3 is 56.1 Å². The van der Waals surface area contributed by atoms with E-state index in [9.17, 15) is 28.0 Å². The standard InChI is InChI=1S/C31H30ClF2N5O4.C29H29ClN6O3/c32-21-8-4-19(5-9-21)14-27(29(35)40)38-30(41)25-3-1-2-24-26(12-13-42-28(24)25)37-16-22-15-36-18-39(22)17-20-6-10-23(11-7-20)43-31(33)34;30-21-6-4-19(5-7-21)14-26(28(31)37)35-29(38)24-3-1-2-23-25(10-13-39-27(23)24)34-16-22-15-33-18-36(22)17-20-8-11-32-12-9-20/h1-11,15,18,26-27,31,37H,12-14,16-17H2,(H2,35,40)(H,38,41);1-9,11-12,15,18,25-26,34H,10,13-14,16-17H2,(H2,31,37)(H,35,38)/t26?,27-;25?,26-/m00/s1. The molecule has 2 unspecified atom stereocenters. The number of ether oxygens (including phenoxy) is 3. The maximum Gasteiger partial charge on any atom is 0.387 e. The van der Waals surface area contributed by atoms with E-state index in [0.717, 1.165) is 51.2 Å². The van der Waals surface area contributed by atoms with E-state index in [1.807, 2.05) is 47.4 Å². The van der Waals surface area contributed by atoms with Crippen molar-refractivity contribution >= 4 is 46.8 Å². The van der Waals surface area contributed by atoms with E-state index in [4.69, 9.17) is 44.1 Å². The molecule has 82 heavy (non-hydrogen) atoms. The minimum Gasteiger partial charge on any atom is -0.492 e. The molecule has 424 valence electrons. The lowest BCUT2D eigenvalue weighted by molar-refractivity contribution is -0.120. The van der Waals surface area contributed by atoms with Crippen molar-refractivity contribution < 1.29 is 42.2 Å². The molecule has 4 amide bonds. The third-order valence-corrected chi connectivity index (χ3v) is 14.4. The van der Waals surface area contributed by atoms with Crippen LogP contribution in [0.2, 0.25) is 10.0 Å². The van der Waals surface area contributed by atoms with Crippen LogP contribution in [-0.4, -0.2) is 79.6 Å². The van der Waals surface area contributed by atoms with E-state index in [0.29, 0.717) is 78.5 Å². The van der Waals surface area contributed by atoms with Crippen LogP contribution in [-0.2, 0) is 48.6 Å². The first-order valence-corrected chi connectivity index (χ1v) is 27.1. The van der Waals surface area contributed by atoms with Crippen LogP contribution < -0.4 is 46.9 Å². The number of nitrogens with one attached hydrogen (secondary N) is 4. The van der Waals surface area contributed by atoms with Gasteiger partial charge in [-0.05, 0) is 82.9 Å². The van der Waals surface area contributed by atoms with Crippen molar-refractivity contribution in [3.63, 3.8) is 0 Å². The smallest absolute Gasteiger partial charge is 0.387 e. The number of hydrogen-bond acceptors (Lipinski definition) is 12. The second kappa shape index (κ2) is 27.7. The maximum atomic E-state index is 13.3. The molecule has 3 aromatic heterocycles. The molecule has 0 bridgehead atoms. The minimum absolute atomic E-state index is 0.0215. The quantitative estimate of drug-likeness (QED) is 0.0378. The molecule has 4 atom stereocenters. The number of alkyl halides is 2. The number of para-hydroxylation sites is 2. The molecule has 10 rings (SSSR count). The summed E-state index contributed by atoms with van der Waals surface area (Å²) in [5.74, 6) is -1.07. The summed E-state index contributed by atoms with van der Waals surface area (Å²) < 4.78 is 45.3. The van der Waals surface area contributed by atoms with Crippen LogP contribution in [0.1, 0.15) is 90.4 Å². The van der Waals surface area contributed by atoms with Gasteiger partial charge in [0.05, 0.1) is 48.4 Å². The first-order valence-electron chi connectivity index (χ1n) is 26.3. The molecule has 2 aliphatic heterocycles. The van der Waals surface area contributed by atoms with Crippen LogP contribution in [0.3, 0.4) is 0 Å². The van der Waals surface area contributed by atoms with Crippen molar-refractivity contribution in [2.45, 2.75) is 82.6 Å². The lowest BCUT2D eigenvalue weighted by Crippen LogP contribution is -2.46. The van der Waals surface area contributed by atoms with Crippen molar-refractivity contribution in [3.05, 3.63) is 225 Å². The summed E-state index contributed by atoms with van der Waals surface area (Å²) in [6, 6.07) is 33.4. The number of nitrogens with two attached hydrogens (primary N) is 2. The number of carbonyl (C=O) groups excluding carboxylic acids is 4. The van der Waals surface area contributed by atoms with Crippen molar-refractivity contribution in [1.82, 2.24) is 45.4 Å². The first kappa shape index (κ1) is 58.0. The molecule has 5 aromatic carbocycles. The number of aromatic nitrogens is 5. The monoisotopic (exact) mass is 1150 g/mol. The number of halogens is 4. The molecular formula is C60H59Cl2F2N11O7. The van der Waals surface area contributed by atoms with Gasteiger partial charge in [0.1, 0.15) is 29.3 Å². The van der Waals surface area contributed by atoms with E-state index in [1.165, 1.54) is 12.1 Å². The van der Waals surface area contributed by atoms with E-state index in [-0.39, 0.29) is 30.7 Å². The average molecular weight is 1160 g/mol. The van der Waals surface area contributed by atoms with Gasteiger partial charge in [-0.2, -0.15) is 8.78 Å². The summed E-state index contributed by atoms with van der Waals surface area (Å²) in [5.41, 5.74) is 19.3. The van der Waals surface area contributed by atoms with Gasteiger partial charge in [0, 0.05) is 110 Å². The highest BCUT2D eigenvalue weighted by Gasteiger charge is 2.30. The third kappa shape index (κ3) is 15.4. The number of imidazole rings is 2. The van der Waals surface area contributed by atoms with Crippen molar-refractivity contribution in [2.75, 3.05) is 13.2 Å². The Morgan fingerprint density at radius 3 is 1.44 bits per heavy atom. The number of nitrogens with zero attached hydrogens (tertiary/aromatic N) is 5. The van der Waals surface area contributed by atoms with Crippen LogP contribution >= 0.6 is 23.2 Å². The number of carbonyl (C=O) groups is 4. The molecule has 2 aliphatic rings. The molecule has 22 heteroatoms. The molecule has 5 heterocycles. The zero-order chi connectivity index (χ0) is 57.5. The van der Waals surface area contributed by atoms with E-state index in [1.54, 1.807) is 104 Å². The molecule has 0 fully saturated rings. The van der Waals surface area contributed by atoms with E-state index >= 15 is 0 Å². The number of pyridine rings is 1. The van der Waals surface area contributed by atoms with Crippen molar-refractivity contribution in [2.24, 2.45) is 11.5 Å². The summed E-state index contributed by atoms with van der Waals surface area (Å²) in [6.07, 6.45) is 12.6. The highest BCUT2D eigenvalue weighted by Crippen LogP contribution is 2.37. The van der Waals surface area contributed by atoms with E-state index in [2.05, 4.69) is 45.5 Å². The number of benzene rings is 5. The number of fused-ring (bicyclic) bond motifs is 2. The Balaban J connectivity index is 0.000000198. The zero-order valence-corrected chi connectivity index (χ0v) is 45.7. The molecule has 18 nitrogen and oxygen atoms in total. The lowest BCUT2D eigenvalue weighted by atomic mass is 9.96. The number of hydrogen-bond donors (Lipinski definition) is 6. The first-order chi connectivity index (χ1) is 39.7. The van der Waals surface area contributed by atoms with Crippen LogP contribution in [0.5, 0.6) is 17.2 Å². The Hall–Kier alpha value is -8.69. The second-order valence-corrected chi connectivity index (χ2v) is 20.4. The van der Waals surface area contributed by atoms with Crippen molar-refractivity contribution in [3.8, 4) is 17.2 Å². The summed E-state index contributed by atoms with van der Waals surface area (Å²) in [6.45, 7) is 0.253. The largest absolute Gasteiger partial charge is 0.492 e. The summed E-state index contributed by atoms with van der Waals surface area (Å²) in [5, 5.41) is 13.8. The summed E-state index contributed by atoms with van der Waals surface area (Å²) >= 11 is 11.9. The van der Waals surface area contributed by atoms with Gasteiger partial charge in [0.25, 0.3) is 11.8 Å². The van der Waals surface area contributed by atoms with E-state index < -0.39 is 42.3 Å². The maximum absolute atomic E-state index is 13.3. The topological polar surface area (TPSA) is 245 Å². The Morgan fingerprint density at radius 1 is 0.585 bits per heavy atom. The van der Waals surface area contributed by atoms with Gasteiger partial charge >= 0.3 is 6.61 Å². The fraction of sp³-hybridized carbons (Fsp3) is 0.250. The van der Waals surface area contributed by atoms with Crippen LogP contribution in [0, 0.1) is 0 Å². The Labute approximate surface area is 481 Å². The van der Waals surface area contributed by atoms with Gasteiger partial charge in [-0.25, -0.2) is 9.97 Å². The molecule has 0 saturated heterocycles. The SMILES string of the molecule is NC(=O)[C@H](Cc1ccc(Cl)cc1)NC(=O)c1cccc2c1OCCC2NCc1cncn1Cc1ccc(OC(F)F)cc1.NC(=O)[C@H](Cc1ccc(Cl)cc1)NC(=O)c1cccc2c1OCCC2NCc1cncn1Cc1ccncc1. The lowest BCUT2D eigenvalue weighted by Gasteiger charge is -2.28. The predicted molar refractivity (Wildman–Crippen MR) is 303 cm³/mol. The molecule has 0 radical (unpaired) electrons. The predicted octanol–water partition coefficient (Wildman–Crippen LogP) is 8.05. The Kier molecular flexibility index (Phi) is 19.6. The van der Waals surface area contributed by atoms with Crippen LogP contribution in [0.15, 0.2) is 159 Å². The fourth-order valence-electron chi connectivity index (χ4n) is 9.65. The fourth-order valence-corrected chi connectivity index (χ4v) is 9.90. The molecule has 8 aromatic rings. The summed E-state index contributed by atoms with van der Waals surface area (Å²) in [7, 11) is 0. The molecule has 0 saturated carbocycles. The van der Waals surface area contributed by atoms with Gasteiger partial charge in [0.15, 0.2) is 0 Å². The average Bonchev–Trinajstić information content (AvgIpc) is 4.22. The third-order valence-electron chi connectivity index (χ3n) is 13.9. The van der Waals surface area contributed by atoms with Gasteiger partial charge in [-0.3, -0.25) is 24.2 Å². The van der Waals surface area contributed by atoms with Gasteiger partial charge in [0.2, 0.25) is 11.8 Å².